The molecule has 0 radical (unpaired) electrons. The fourth-order valence-corrected chi connectivity index (χ4v) is 2.04. The van der Waals surface area contributed by atoms with Crippen molar-refractivity contribution in [3.63, 3.8) is 0 Å². The number of carbonyl (C=O) groups excluding carboxylic acids is 2. The van der Waals surface area contributed by atoms with Crippen molar-refractivity contribution in [1.29, 1.82) is 0 Å². The van der Waals surface area contributed by atoms with Gasteiger partial charge in [-0.2, -0.15) is 0 Å². The van der Waals surface area contributed by atoms with Crippen molar-refractivity contribution in [3.05, 3.63) is 35.1 Å². The van der Waals surface area contributed by atoms with Crippen molar-refractivity contribution in [3.8, 4) is 0 Å². The van der Waals surface area contributed by atoms with Crippen LogP contribution in [0.3, 0.4) is 0 Å². The van der Waals surface area contributed by atoms with Gasteiger partial charge in [0.15, 0.2) is 0 Å². The van der Waals surface area contributed by atoms with Crippen molar-refractivity contribution >= 4 is 11.8 Å². The number of amides is 2. The molecular formula is C13H15FN2O2. The average Bonchev–Trinajstić information content (AvgIpc) is 2.35. The van der Waals surface area contributed by atoms with Crippen LogP contribution >= 0.6 is 0 Å². The van der Waals surface area contributed by atoms with Crippen LogP contribution in [-0.4, -0.2) is 35.8 Å². The number of nitrogens with one attached hydrogen (secondary N) is 1. The third-order valence-corrected chi connectivity index (χ3v) is 3.19. The van der Waals surface area contributed by atoms with Crippen LogP contribution in [0, 0.1) is 12.7 Å². The van der Waals surface area contributed by atoms with E-state index in [-0.39, 0.29) is 11.8 Å². The zero-order valence-electron chi connectivity index (χ0n) is 10.4. The fourth-order valence-electron chi connectivity index (χ4n) is 2.04. The molecule has 0 aromatic heterocycles. The fraction of sp³-hybridized carbons (Fsp3) is 0.385. The molecule has 1 aromatic carbocycles. The number of nitrogens with zero attached hydrogens (tertiary/aromatic N) is 1. The Labute approximate surface area is 105 Å². The molecule has 0 bridgehead atoms. The second-order valence-corrected chi connectivity index (χ2v) is 4.42. The first-order valence-corrected chi connectivity index (χ1v) is 5.85. The Kier molecular flexibility index (Phi) is 3.32. The molecule has 0 aliphatic carbocycles. The summed E-state index contributed by atoms with van der Waals surface area (Å²) in [5.74, 6) is -0.920. The largest absolute Gasteiger partial charge is 0.353 e. The summed E-state index contributed by atoms with van der Waals surface area (Å²) in [4.78, 5) is 25.3. The van der Waals surface area contributed by atoms with E-state index in [1.54, 1.807) is 19.9 Å². The van der Waals surface area contributed by atoms with E-state index in [1.165, 1.54) is 17.0 Å². The highest BCUT2D eigenvalue weighted by molar-refractivity contribution is 5.99. The summed E-state index contributed by atoms with van der Waals surface area (Å²) in [6.07, 6.45) is 0. The standard InChI is InChI=1S/C13H15FN2O2/c1-8-3-4-10(14)7-11(8)13(18)16-6-5-15-12(17)9(16)2/h3-4,7,9H,5-6H2,1-2H3,(H,15,17). The number of rotatable bonds is 1. The van der Waals surface area contributed by atoms with E-state index in [4.69, 9.17) is 0 Å². The summed E-state index contributed by atoms with van der Waals surface area (Å²) in [6, 6.07) is 3.58. The van der Waals surface area contributed by atoms with Gasteiger partial charge in [-0.25, -0.2) is 4.39 Å². The molecule has 4 nitrogen and oxygen atoms in total. The Bertz CT molecular complexity index is 502. The zero-order valence-corrected chi connectivity index (χ0v) is 10.4. The highest BCUT2D eigenvalue weighted by Gasteiger charge is 2.30. The number of piperazine rings is 1. The predicted molar refractivity (Wildman–Crippen MR) is 64.6 cm³/mol. The van der Waals surface area contributed by atoms with Crippen LogP contribution in [0.2, 0.25) is 0 Å². The van der Waals surface area contributed by atoms with Gasteiger partial charge in [0.2, 0.25) is 5.91 Å². The molecule has 1 atom stereocenters. The molecule has 2 amide bonds. The van der Waals surface area contributed by atoms with Gasteiger partial charge in [0.1, 0.15) is 11.9 Å². The van der Waals surface area contributed by atoms with Gasteiger partial charge in [-0.05, 0) is 31.5 Å². The molecule has 1 fully saturated rings. The minimum absolute atomic E-state index is 0.177. The molecule has 1 unspecified atom stereocenters. The number of aryl methyl sites for hydroxylation is 1. The molecule has 1 aliphatic heterocycles. The maximum Gasteiger partial charge on any atom is 0.254 e. The van der Waals surface area contributed by atoms with Crippen LogP contribution in [0.5, 0.6) is 0 Å². The second-order valence-electron chi connectivity index (χ2n) is 4.42. The molecule has 1 saturated heterocycles. The van der Waals surface area contributed by atoms with Crippen LogP contribution in [0.1, 0.15) is 22.8 Å². The minimum atomic E-state index is -0.520. The summed E-state index contributed by atoms with van der Waals surface area (Å²) in [5.41, 5.74) is 1.02. The van der Waals surface area contributed by atoms with E-state index < -0.39 is 11.9 Å². The SMILES string of the molecule is Cc1ccc(F)cc1C(=O)N1CCNC(=O)C1C. The van der Waals surface area contributed by atoms with Crippen LogP contribution < -0.4 is 5.32 Å². The van der Waals surface area contributed by atoms with Crippen molar-refractivity contribution in [2.24, 2.45) is 0 Å². The molecular weight excluding hydrogens is 235 g/mol. The summed E-state index contributed by atoms with van der Waals surface area (Å²) in [5, 5.41) is 2.69. The Balaban J connectivity index is 2.30. The maximum atomic E-state index is 13.2. The van der Waals surface area contributed by atoms with E-state index in [1.807, 2.05) is 0 Å². The molecule has 96 valence electrons. The first kappa shape index (κ1) is 12.5. The summed E-state index contributed by atoms with van der Waals surface area (Å²) in [6.45, 7) is 4.30. The Morgan fingerprint density at radius 2 is 2.22 bits per heavy atom. The first-order chi connectivity index (χ1) is 8.50. The molecule has 18 heavy (non-hydrogen) atoms. The molecule has 1 heterocycles. The Morgan fingerprint density at radius 3 is 2.94 bits per heavy atom. The van der Waals surface area contributed by atoms with Crippen LogP contribution in [0.25, 0.3) is 0 Å². The van der Waals surface area contributed by atoms with Gasteiger partial charge in [-0.15, -0.1) is 0 Å². The molecule has 0 spiro atoms. The monoisotopic (exact) mass is 250 g/mol. The van der Waals surface area contributed by atoms with Gasteiger partial charge in [-0.1, -0.05) is 6.07 Å². The number of hydrogen-bond acceptors (Lipinski definition) is 2. The first-order valence-electron chi connectivity index (χ1n) is 5.85. The molecule has 0 saturated carbocycles. The lowest BCUT2D eigenvalue weighted by Gasteiger charge is -2.33. The Hall–Kier alpha value is -1.91. The molecule has 2 rings (SSSR count). The molecule has 5 heteroatoms. The van der Waals surface area contributed by atoms with Crippen molar-refractivity contribution in [2.45, 2.75) is 19.9 Å². The summed E-state index contributed by atoms with van der Waals surface area (Å²) in [7, 11) is 0. The van der Waals surface area contributed by atoms with Gasteiger partial charge in [0.25, 0.3) is 5.91 Å². The van der Waals surface area contributed by atoms with Crippen molar-refractivity contribution in [1.82, 2.24) is 10.2 Å². The number of halogens is 1. The lowest BCUT2D eigenvalue weighted by atomic mass is 10.1. The molecule has 1 aromatic rings. The molecule has 1 N–H and O–H groups in total. The topological polar surface area (TPSA) is 49.4 Å². The zero-order chi connectivity index (χ0) is 13.3. The highest BCUT2D eigenvalue weighted by atomic mass is 19.1. The number of hydrogen-bond donors (Lipinski definition) is 1. The average molecular weight is 250 g/mol. The number of benzene rings is 1. The number of carbonyl (C=O) groups is 2. The lowest BCUT2D eigenvalue weighted by Crippen LogP contribution is -2.55. The lowest BCUT2D eigenvalue weighted by molar-refractivity contribution is -0.127. The molecule has 1 aliphatic rings. The van der Waals surface area contributed by atoms with Gasteiger partial charge in [0.05, 0.1) is 0 Å². The normalized spacial score (nSPS) is 19.6. The summed E-state index contributed by atoms with van der Waals surface area (Å²) >= 11 is 0. The quantitative estimate of drug-likeness (QED) is 0.811. The van der Waals surface area contributed by atoms with E-state index in [9.17, 15) is 14.0 Å². The van der Waals surface area contributed by atoms with Gasteiger partial charge in [0, 0.05) is 18.7 Å². The van der Waals surface area contributed by atoms with E-state index in [0.717, 1.165) is 0 Å². The van der Waals surface area contributed by atoms with E-state index in [0.29, 0.717) is 24.2 Å². The van der Waals surface area contributed by atoms with E-state index >= 15 is 0 Å². The third kappa shape index (κ3) is 2.20. The van der Waals surface area contributed by atoms with Crippen molar-refractivity contribution in [2.75, 3.05) is 13.1 Å². The van der Waals surface area contributed by atoms with Crippen LogP contribution in [-0.2, 0) is 4.79 Å². The van der Waals surface area contributed by atoms with E-state index in [2.05, 4.69) is 5.32 Å². The van der Waals surface area contributed by atoms with Gasteiger partial charge >= 0.3 is 0 Å². The smallest absolute Gasteiger partial charge is 0.254 e. The predicted octanol–water partition coefficient (Wildman–Crippen LogP) is 1.09. The highest BCUT2D eigenvalue weighted by Crippen LogP contribution is 2.16. The van der Waals surface area contributed by atoms with Crippen molar-refractivity contribution < 1.29 is 14.0 Å². The second kappa shape index (κ2) is 4.76. The van der Waals surface area contributed by atoms with Gasteiger partial charge in [-0.3, -0.25) is 9.59 Å². The van der Waals surface area contributed by atoms with Crippen LogP contribution in [0.15, 0.2) is 18.2 Å². The van der Waals surface area contributed by atoms with Crippen LogP contribution in [0.4, 0.5) is 4.39 Å². The minimum Gasteiger partial charge on any atom is -0.353 e. The van der Waals surface area contributed by atoms with Gasteiger partial charge < -0.3 is 10.2 Å². The third-order valence-electron chi connectivity index (χ3n) is 3.19. The maximum absolute atomic E-state index is 13.2. The Morgan fingerprint density at radius 1 is 1.50 bits per heavy atom. The summed E-state index contributed by atoms with van der Waals surface area (Å²) < 4.78 is 13.2.